The number of hydrogen-bond acceptors (Lipinski definition) is 2. The van der Waals surface area contributed by atoms with Crippen LogP contribution >= 0.6 is 31.9 Å². The van der Waals surface area contributed by atoms with Crippen molar-refractivity contribution in [2.45, 2.75) is 184 Å². The van der Waals surface area contributed by atoms with Crippen molar-refractivity contribution in [1.82, 2.24) is 14.5 Å². The van der Waals surface area contributed by atoms with Crippen LogP contribution in [0.15, 0.2) is 149 Å². The van der Waals surface area contributed by atoms with E-state index in [2.05, 4.69) is 287 Å². The number of benzene rings is 4. The molecular weight excluding hydrogens is 1060 g/mol. The van der Waals surface area contributed by atoms with Crippen molar-refractivity contribution in [3.63, 3.8) is 0 Å². The van der Waals surface area contributed by atoms with E-state index in [-0.39, 0.29) is 60.0 Å². The topological polar surface area (TPSA) is 34.6 Å². The van der Waals surface area contributed by atoms with E-state index in [1.807, 2.05) is 36.5 Å². The number of hydrogen-bond donors (Lipinski definition) is 0. The van der Waals surface area contributed by atoms with Gasteiger partial charge in [0.25, 0.3) is 6.33 Å². The number of halogens is 3. The summed E-state index contributed by atoms with van der Waals surface area (Å²) in [5, 5.41) is 0. The van der Waals surface area contributed by atoms with Crippen LogP contribution in [0, 0.1) is 0 Å². The molecule has 3 aromatic heterocycles. The van der Waals surface area contributed by atoms with Gasteiger partial charge in [0, 0.05) is 44.7 Å². The average Bonchev–Trinajstić information content (AvgIpc) is 3.78. The SMILES string of the molecule is Brc1ccccn1.CC(C)(C)c1cc(-c2ccccn2)cc(C(C)(C)C)c1.CC(C)(C)c1cc(Br)cc(C(C)(C)C)c1.CC(C)c1cccc(C(C)C)c1-n1cc[n+](-c2c(C(C)C)cccc2C(C)C)c1.[Cl-].[H-].[H-].[Mg+2]. The molecule has 0 amide bonds. The molecule has 0 aliphatic carbocycles. The second-order valence-corrected chi connectivity index (χ2v) is 26.0. The van der Waals surface area contributed by atoms with Gasteiger partial charge in [-0.05, 0) is 132 Å². The van der Waals surface area contributed by atoms with Gasteiger partial charge in [-0.15, -0.1) is 0 Å². The van der Waals surface area contributed by atoms with Gasteiger partial charge in [0.15, 0.2) is 0 Å². The molecule has 0 saturated heterocycles. The number of para-hydroxylation sites is 2. The minimum absolute atomic E-state index is 0. The maximum Gasteiger partial charge on any atom is 2.00 e. The number of imidazole rings is 1. The molecular formula is C65H89Br2ClMgN4. The van der Waals surface area contributed by atoms with Crippen LogP contribution in [0.5, 0.6) is 0 Å². The van der Waals surface area contributed by atoms with Crippen LogP contribution < -0.4 is 17.0 Å². The number of nitrogens with zero attached hydrogens (tertiary/aromatic N) is 4. The molecule has 0 atom stereocenters. The third kappa shape index (κ3) is 19.2. The van der Waals surface area contributed by atoms with Crippen LogP contribution in [-0.2, 0) is 21.7 Å². The fourth-order valence-electron chi connectivity index (χ4n) is 8.21. The van der Waals surface area contributed by atoms with Gasteiger partial charge in [-0.2, -0.15) is 0 Å². The van der Waals surface area contributed by atoms with Gasteiger partial charge < -0.3 is 15.3 Å². The van der Waals surface area contributed by atoms with Crippen molar-refractivity contribution in [2.75, 3.05) is 0 Å². The van der Waals surface area contributed by atoms with E-state index in [4.69, 9.17) is 0 Å². The summed E-state index contributed by atoms with van der Waals surface area (Å²) in [6.07, 6.45) is 10.3. The minimum Gasteiger partial charge on any atom is -1.00 e. The molecule has 392 valence electrons. The van der Waals surface area contributed by atoms with Gasteiger partial charge in [-0.1, -0.05) is 215 Å². The zero-order chi connectivity index (χ0) is 53.2. The summed E-state index contributed by atoms with van der Waals surface area (Å²) in [5.74, 6) is 1.92. The van der Waals surface area contributed by atoms with Gasteiger partial charge in [-0.25, -0.2) is 14.1 Å². The Labute approximate surface area is 485 Å². The largest absolute Gasteiger partial charge is 2.00 e. The molecule has 4 aromatic carbocycles. The Morgan fingerprint density at radius 3 is 1.19 bits per heavy atom. The zero-order valence-electron chi connectivity index (χ0n) is 50.2. The standard InChI is InChI=1S/C27H37N2.C19H25N.C14H21Br.C5H4BrN.ClH.Mg.2H/c1-18(2)22-11-9-12-23(19(3)4)26(22)28-15-16-29(17-28)27-24(20(5)6)13-10-14-25(27)21(7)8;1-18(2,3)15-11-14(17-9-7-8-10-20-17)12-16(13-15)19(4,5)6;1-13(2,3)10-7-11(14(4,5)6)9-12(15)8-10;6-5-3-1-2-4-7-5;;;;/h9-21H,1-8H3;7-13H,1-6H3;7-9H,1-6H3;1-4H;1H;;;/q+1;;;;;+2;2*-1/p-1. The van der Waals surface area contributed by atoms with E-state index in [1.54, 1.807) is 6.20 Å². The van der Waals surface area contributed by atoms with Crippen LogP contribution in [0.4, 0.5) is 0 Å². The Morgan fingerprint density at radius 2 is 0.863 bits per heavy atom. The molecule has 0 fully saturated rings. The fourth-order valence-corrected chi connectivity index (χ4v) is 8.98. The first kappa shape index (κ1) is 65.5. The predicted molar refractivity (Wildman–Crippen MR) is 322 cm³/mol. The summed E-state index contributed by atoms with van der Waals surface area (Å²) in [6.45, 7) is 45.3. The molecule has 73 heavy (non-hydrogen) atoms. The van der Waals surface area contributed by atoms with Crippen LogP contribution in [0.2, 0.25) is 0 Å². The van der Waals surface area contributed by atoms with Crippen molar-refractivity contribution < 1.29 is 19.8 Å². The molecule has 0 radical (unpaired) electrons. The molecule has 3 heterocycles. The fraction of sp³-hybridized carbons (Fsp3) is 0.431. The Hall–Kier alpha value is -3.59. The third-order valence-electron chi connectivity index (χ3n) is 12.7. The monoisotopic (exact) mass is 1140 g/mol. The maximum atomic E-state index is 4.50. The minimum atomic E-state index is 0. The molecule has 7 aromatic rings. The van der Waals surface area contributed by atoms with Gasteiger partial charge in [-0.3, -0.25) is 4.98 Å². The zero-order valence-corrected chi connectivity index (χ0v) is 53.6. The molecule has 0 saturated carbocycles. The summed E-state index contributed by atoms with van der Waals surface area (Å²) in [4.78, 5) is 8.39. The summed E-state index contributed by atoms with van der Waals surface area (Å²) in [5.41, 5.74) is 16.8. The van der Waals surface area contributed by atoms with Crippen LogP contribution in [0.1, 0.15) is 210 Å². The van der Waals surface area contributed by atoms with E-state index >= 15 is 0 Å². The van der Waals surface area contributed by atoms with E-state index in [0.717, 1.165) is 10.3 Å². The number of aromatic nitrogens is 4. The molecule has 0 spiro atoms. The second-order valence-electron chi connectivity index (χ2n) is 24.3. The second kappa shape index (κ2) is 28.0. The van der Waals surface area contributed by atoms with Gasteiger partial charge in [0.2, 0.25) is 0 Å². The number of pyridine rings is 2. The molecule has 0 aliphatic rings. The molecule has 0 aliphatic heterocycles. The van der Waals surface area contributed by atoms with Crippen LogP contribution in [0.25, 0.3) is 22.6 Å². The normalized spacial score (nSPS) is 11.7. The van der Waals surface area contributed by atoms with Crippen LogP contribution in [0.3, 0.4) is 0 Å². The van der Waals surface area contributed by atoms with Crippen molar-refractivity contribution in [2.24, 2.45) is 0 Å². The van der Waals surface area contributed by atoms with Crippen LogP contribution in [-0.4, -0.2) is 37.6 Å². The Morgan fingerprint density at radius 1 is 0.479 bits per heavy atom. The molecule has 4 nitrogen and oxygen atoms in total. The summed E-state index contributed by atoms with van der Waals surface area (Å²) >= 11 is 6.80. The molecule has 7 rings (SSSR count). The predicted octanol–water partition coefficient (Wildman–Crippen LogP) is 16.3. The van der Waals surface area contributed by atoms with Gasteiger partial charge in [0.1, 0.15) is 28.4 Å². The maximum absolute atomic E-state index is 4.50. The van der Waals surface area contributed by atoms with E-state index < -0.39 is 0 Å². The molecule has 0 bridgehead atoms. The first-order chi connectivity index (χ1) is 32.9. The van der Waals surface area contributed by atoms with Crippen molar-refractivity contribution in [3.05, 3.63) is 194 Å². The molecule has 8 heteroatoms. The van der Waals surface area contributed by atoms with Crippen molar-refractivity contribution in [3.8, 4) is 22.6 Å². The summed E-state index contributed by atoms with van der Waals surface area (Å²) in [7, 11) is 0. The van der Waals surface area contributed by atoms with E-state index in [1.165, 1.54) is 65.9 Å². The first-order valence-electron chi connectivity index (χ1n) is 25.7. The number of rotatable bonds is 7. The third-order valence-corrected chi connectivity index (χ3v) is 13.6. The summed E-state index contributed by atoms with van der Waals surface area (Å²) < 4.78 is 6.72. The van der Waals surface area contributed by atoms with Gasteiger partial charge >= 0.3 is 23.1 Å². The quantitative estimate of drug-likeness (QED) is 0.0906. The van der Waals surface area contributed by atoms with Gasteiger partial charge in [0.05, 0.1) is 5.69 Å². The Bertz CT molecular complexity index is 2590. The molecule has 0 unspecified atom stereocenters. The Balaban J connectivity index is 0.00000104. The summed E-state index contributed by atoms with van der Waals surface area (Å²) in [6, 6.07) is 38.9. The average molecular weight is 1150 g/mol. The van der Waals surface area contributed by atoms with Crippen molar-refractivity contribution >= 4 is 54.9 Å². The smallest absolute Gasteiger partial charge is 1.00 e. The van der Waals surface area contributed by atoms with E-state index in [0.29, 0.717) is 23.7 Å². The van der Waals surface area contributed by atoms with Crippen molar-refractivity contribution in [1.29, 1.82) is 0 Å². The van der Waals surface area contributed by atoms with E-state index in [9.17, 15) is 0 Å². The molecule has 0 N–H and O–H groups in total. The Kier molecular flexibility index (Phi) is 25.1. The first-order valence-corrected chi connectivity index (χ1v) is 27.3.